The highest BCUT2D eigenvalue weighted by molar-refractivity contribution is 7.45. The van der Waals surface area contributed by atoms with Crippen LogP contribution < -0.4 is 4.89 Å². The van der Waals surface area contributed by atoms with E-state index in [-0.39, 0.29) is 32.0 Å². The molecule has 9 nitrogen and oxygen atoms in total. The fourth-order valence-corrected chi connectivity index (χ4v) is 7.44. The highest BCUT2D eigenvalue weighted by atomic mass is 31.2. The SMILES string of the molecule is CCCCCCCCCCCCCCCCCCCCCCC(=O)OC(COC(=O)CCCCCCCCCCCCC)COP(=O)([O-])OCC[N+](C)(C)C. The molecule has 0 rings (SSSR count). The molecular formula is C45H90NO8P. The summed E-state index contributed by atoms with van der Waals surface area (Å²) in [4.78, 5) is 37.5. The van der Waals surface area contributed by atoms with Gasteiger partial charge < -0.3 is 27.9 Å². The molecule has 0 aromatic rings. The second kappa shape index (κ2) is 38.5. The summed E-state index contributed by atoms with van der Waals surface area (Å²) < 4.78 is 33.9. The molecule has 0 aliphatic heterocycles. The number of likely N-dealkylation sites (N-methyl/N-ethyl adjacent to an activating group) is 1. The first-order valence-corrected chi connectivity index (χ1v) is 24.7. The molecule has 0 radical (unpaired) electrons. The number of ether oxygens (including phenoxy) is 2. The summed E-state index contributed by atoms with van der Waals surface area (Å²) in [5, 5.41) is 0. The van der Waals surface area contributed by atoms with Crippen LogP contribution in [-0.4, -0.2) is 70.0 Å². The number of esters is 2. The minimum atomic E-state index is -4.61. The molecule has 0 aromatic heterocycles. The van der Waals surface area contributed by atoms with Crippen LogP contribution in [0.25, 0.3) is 0 Å². The zero-order chi connectivity index (χ0) is 40.7. The quantitative estimate of drug-likeness (QED) is 0.0259. The molecule has 0 heterocycles. The van der Waals surface area contributed by atoms with Crippen LogP contribution in [0.4, 0.5) is 0 Å². The van der Waals surface area contributed by atoms with Crippen LogP contribution in [0.3, 0.4) is 0 Å². The Balaban J connectivity index is 4.22. The minimum Gasteiger partial charge on any atom is -0.756 e. The summed E-state index contributed by atoms with van der Waals surface area (Å²) in [5.74, 6) is -0.820. The molecule has 10 heteroatoms. The number of carbonyl (C=O) groups excluding carboxylic acids is 2. The van der Waals surface area contributed by atoms with Crippen molar-refractivity contribution in [3.63, 3.8) is 0 Å². The maximum atomic E-state index is 12.7. The second-order valence-electron chi connectivity index (χ2n) is 17.1. The van der Waals surface area contributed by atoms with Gasteiger partial charge in [-0.2, -0.15) is 0 Å². The molecule has 55 heavy (non-hydrogen) atoms. The number of hydrogen-bond acceptors (Lipinski definition) is 8. The van der Waals surface area contributed by atoms with Crippen molar-refractivity contribution in [2.45, 2.75) is 232 Å². The predicted octanol–water partition coefficient (Wildman–Crippen LogP) is 12.6. The van der Waals surface area contributed by atoms with Crippen LogP contribution in [0.5, 0.6) is 0 Å². The lowest BCUT2D eigenvalue weighted by atomic mass is 10.0. The van der Waals surface area contributed by atoms with Crippen LogP contribution in [0, 0.1) is 0 Å². The van der Waals surface area contributed by atoms with Crippen molar-refractivity contribution in [1.29, 1.82) is 0 Å². The molecule has 0 N–H and O–H groups in total. The van der Waals surface area contributed by atoms with E-state index in [1.807, 2.05) is 21.1 Å². The molecule has 0 amide bonds. The molecule has 0 fully saturated rings. The number of rotatable bonds is 43. The summed E-state index contributed by atoms with van der Waals surface area (Å²) in [6.07, 6.45) is 38.4. The van der Waals surface area contributed by atoms with Crippen LogP contribution >= 0.6 is 7.82 Å². The minimum absolute atomic E-state index is 0.0257. The Morgan fingerprint density at radius 1 is 0.491 bits per heavy atom. The maximum Gasteiger partial charge on any atom is 0.306 e. The molecule has 0 aromatic carbocycles. The Morgan fingerprint density at radius 3 is 1.16 bits per heavy atom. The molecule has 0 bridgehead atoms. The van der Waals surface area contributed by atoms with Crippen LogP contribution in [0.15, 0.2) is 0 Å². The number of quaternary nitrogens is 1. The highest BCUT2D eigenvalue weighted by Gasteiger charge is 2.21. The molecule has 2 atom stereocenters. The summed E-state index contributed by atoms with van der Waals surface area (Å²) in [5.41, 5.74) is 0. The average Bonchev–Trinajstić information content (AvgIpc) is 3.13. The topological polar surface area (TPSA) is 111 Å². The first-order chi connectivity index (χ1) is 26.5. The van der Waals surface area contributed by atoms with Crippen LogP contribution in [0.2, 0.25) is 0 Å². The lowest BCUT2D eigenvalue weighted by molar-refractivity contribution is -0.870. The van der Waals surface area contributed by atoms with Gasteiger partial charge in [-0.15, -0.1) is 0 Å². The largest absolute Gasteiger partial charge is 0.756 e. The van der Waals surface area contributed by atoms with Crippen molar-refractivity contribution < 1.29 is 42.1 Å². The van der Waals surface area contributed by atoms with Crippen molar-refractivity contribution in [2.75, 3.05) is 47.5 Å². The van der Waals surface area contributed by atoms with Gasteiger partial charge in [0.05, 0.1) is 27.7 Å². The molecule has 0 saturated heterocycles. The average molecular weight is 804 g/mol. The lowest BCUT2D eigenvalue weighted by Gasteiger charge is -2.28. The van der Waals surface area contributed by atoms with Crippen molar-refractivity contribution in [2.24, 2.45) is 0 Å². The molecule has 0 aliphatic rings. The molecule has 2 unspecified atom stereocenters. The third kappa shape index (κ3) is 42.4. The fraction of sp³-hybridized carbons (Fsp3) is 0.956. The van der Waals surface area contributed by atoms with Gasteiger partial charge in [0, 0.05) is 12.8 Å². The van der Waals surface area contributed by atoms with Gasteiger partial charge in [0.15, 0.2) is 6.10 Å². The van der Waals surface area contributed by atoms with Gasteiger partial charge in [-0.05, 0) is 12.8 Å². The highest BCUT2D eigenvalue weighted by Crippen LogP contribution is 2.38. The van der Waals surface area contributed by atoms with E-state index in [0.29, 0.717) is 17.4 Å². The van der Waals surface area contributed by atoms with Gasteiger partial charge in [0.1, 0.15) is 19.8 Å². The maximum absolute atomic E-state index is 12.7. The zero-order valence-corrected chi connectivity index (χ0v) is 37.8. The monoisotopic (exact) mass is 804 g/mol. The standard InChI is InChI=1S/C45H90NO8P/c1-6-8-10-12-14-16-18-19-20-21-22-23-24-25-26-28-30-32-34-36-38-45(48)54-43(42-53-55(49,50)52-40-39-46(3,4)5)41-51-44(47)37-35-33-31-29-27-17-15-13-11-9-7-2/h43H,6-42H2,1-5H3. The van der Waals surface area contributed by atoms with Gasteiger partial charge in [-0.3, -0.25) is 14.2 Å². The van der Waals surface area contributed by atoms with E-state index in [2.05, 4.69) is 13.8 Å². The third-order valence-electron chi connectivity index (χ3n) is 10.4. The molecule has 0 spiro atoms. The van der Waals surface area contributed by atoms with Crippen molar-refractivity contribution in [1.82, 2.24) is 0 Å². The van der Waals surface area contributed by atoms with Gasteiger partial charge in [0.25, 0.3) is 7.82 Å². The Morgan fingerprint density at radius 2 is 0.818 bits per heavy atom. The van der Waals surface area contributed by atoms with Gasteiger partial charge >= 0.3 is 11.9 Å². The summed E-state index contributed by atoms with van der Waals surface area (Å²) in [6, 6.07) is 0. The summed E-state index contributed by atoms with van der Waals surface area (Å²) in [6.45, 7) is 4.26. The van der Waals surface area contributed by atoms with Crippen LogP contribution in [0.1, 0.15) is 226 Å². The normalized spacial score (nSPS) is 13.5. The number of nitrogens with zero attached hydrogens (tertiary/aromatic N) is 1. The summed E-state index contributed by atoms with van der Waals surface area (Å²) >= 11 is 0. The number of unbranched alkanes of at least 4 members (excludes halogenated alkanes) is 29. The first-order valence-electron chi connectivity index (χ1n) is 23.2. The first kappa shape index (κ1) is 54.0. The number of phosphoric acid groups is 1. The lowest BCUT2D eigenvalue weighted by Crippen LogP contribution is -2.37. The van der Waals surface area contributed by atoms with E-state index in [4.69, 9.17) is 18.5 Å². The Hall–Kier alpha value is -0.990. The molecule has 0 aliphatic carbocycles. The molecule has 0 saturated carbocycles. The van der Waals surface area contributed by atoms with E-state index in [9.17, 15) is 19.0 Å². The second-order valence-corrected chi connectivity index (χ2v) is 18.5. The smallest absolute Gasteiger partial charge is 0.306 e. The van der Waals surface area contributed by atoms with E-state index in [0.717, 1.165) is 32.1 Å². The predicted molar refractivity (Wildman–Crippen MR) is 227 cm³/mol. The van der Waals surface area contributed by atoms with E-state index in [1.165, 1.54) is 161 Å². The van der Waals surface area contributed by atoms with Gasteiger partial charge in [0.2, 0.25) is 0 Å². The zero-order valence-electron chi connectivity index (χ0n) is 36.9. The van der Waals surface area contributed by atoms with Crippen molar-refractivity contribution >= 4 is 19.8 Å². The van der Waals surface area contributed by atoms with E-state index in [1.54, 1.807) is 0 Å². The number of hydrogen-bond donors (Lipinski definition) is 0. The Labute approximate surface area is 340 Å². The number of carbonyl (C=O) groups is 2. The Kier molecular flexibility index (Phi) is 37.8. The van der Waals surface area contributed by atoms with Crippen molar-refractivity contribution in [3.8, 4) is 0 Å². The van der Waals surface area contributed by atoms with Crippen molar-refractivity contribution in [3.05, 3.63) is 0 Å². The van der Waals surface area contributed by atoms with Gasteiger partial charge in [-0.25, -0.2) is 0 Å². The van der Waals surface area contributed by atoms with Gasteiger partial charge in [-0.1, -0.05) is 200 Å². The fourth-order valence-electron chi connectivity index (χ4n) is 6.72. The molecular weight excluding hydrogens is 713 g/mol. The summed E-state index contributed by atoms with van der Waals surface area (Å²) in [7, 11) is 1.18. The third-order valence-corrected chi connectivity index (χ3v) is 11.3. The van der Waals surface area contributed by atoms with E-state index >= 15 is 0 Å². The Bertz CT molecular complexity index is 912. The van der Waals surface area contributed by atoms with E-state index < -0.39 is 26.5 Å². The number of phosphoric ester groups is 1. The van der Waals surface area contributed by atoms with Crippen LogP contribution in [-0.2, 0) is 32.7 Å². The molecule has 328 valence electrons.